The summed E-state index contributed by atoms with van der Waals surface area (Å²) >= 11 is 0. The number of benzene rings is 10. The Labute approximate surface area is 399 Å². The first kappa shape index (κ1) is 39.5. The quantitative estimate of drug-likeness (QED) is 0.157. The molecule has 2 nitrogen and oxygen atoms in total. The summed E-state index contributed by atoms with van der Waals surface area (Å²) in [6, 6.07) is 82.5. The van der Waals surface area contributed by atoms with E-state index in [9.17, 15) is 0 Å². The maximum Gasteiger partial charge on any atom is 0.0540 e. The van der Waals surface area contributed by atoms with Crippen molar-refractivity contribution in [3.63, 3.8) is 0 Å². The number of hydrogen-bond acceptors (Lipinski definition) is 2. The van der Waals surface area contributed by atoms with Gasteiger partial charge in [0.25, 0.3) is 0 Å². The van der Waals surface area contributed by atoms with E-state index in [1.165, 1.54) is 151 Å². The molecule has 0 N–H and O–H groups in total. The number of hydrogen-bond donors (Lipinski definition) is 0. The van der Waals surface area contributed by atoms with E-state index in [1.807, 2.05) is 0 Å². The number of fused-ring (bicyclic) bond motifs is 12. The van der Waals surface area contributed by atoms with Gasteiger partial charge in [0.05, 0.1) is 5.69 Å². The van der Waals surface area contributed by atoms with Crippen molar-refractivity contribution in [2.45, 2.75) is 62.2 Å². The third-order valence-corrected chi connectivity index (χ3v) is 16.5. The average Bonchev–Trinajstić information content (AvgIpc) is 4.21. The van der Waals surface area contributed by atoms with Crippen molar-refractivity contribution >= 4 is 55.7 Å². The van der Waals surface area contributed by atoms with Crippen LogP contribution in [-0.2, 0) is 10.8 Å². The highest BCUT2D eigenvalue weighted by atomic mass is 15.1. The molecule has 2 spiro atoms. The molecule has 68 heavy (non-hydrogen) atoms. The van der Waals surface area contributed by atoms with Gasteiger partial charge in [-0.2, -0.15) is 0 Å². The van der Waals surface area contributed by atoms with Crippen molar-refractivity contribution in [3.05, 3.63) is 241 Å². The number of nitrogens with zero attached hydrogens (tertiary/aromatic N) is 2. The Bertz CT molecular complexity index is 3470. The fourth-order valence-electron chi connectivity index (χ4n) is 13.4. The highest BCUT2D eigenvalue weighted by Crippen LogP contribution is 2.60. The molecule has 0 aromatic heterocycles. The van der Waals surface area contributed by atoms with Gasteiger partial charge in [0.1, 0.15) is 0 Å². The Morgan fingerprint density at radius 2 is 0.706 bits per heavy atom. The van der Waals surface area contributed by atoms with E-state index in [4.69, 9.17) is 0 Å². The highest BCUT2D eigenvalue weighted by Gasteiger charge is 2.46. The molecule has 2 fully saturated rings. The second kappa shape index (κ2) is 15.4. The van der Waals surface area contributed by atoms with Crippen LogP contribution in [0.1, 0.15) is 73.6 Å². The molecule has 10 aromatic rings. The largest absolute Gasteiger partial charge is 0.310 e. The van der Waals surface area contributed by atoms with E-state index in [0.717, 1.165) is 11.4 Å². The Morgan fingerprint density at radius 1 is 0.279 bits per heavy atom. The van der Waals surface area contributed by atoms with Gasteiger partial charge < -0.3 is 9.80 Å². The minimum atomic E-state index is 0.0919. The van der Waals surface area contributed by atoms with Crippen LogP contribution < -0.4 is 9.80 Å². The van der Waals surface area contributed by atoms with Crippen molar-refractivity contribution in [1.29, 1.82) is 0 Å². The van der Waals surface area contributed by atoms with E-state index in [1.54, 1.807) is 0 Å². The Kier molecular flexibility index (Phi) is 8.96. The molecule has 10 aromatic carbocycles. The van der Waals surface area contributed by atoms with Crippen molar-refractivity contribution in [3.8, 4) is 33.4 Å². The van der Waals surface area contributed by atoms with Crippen LogP contribution in [0.25, 0.3) is 54.9 Å². The summed E-state index contributed by atoms with van der Waals surface area (Å²) in [6.07, 6.45) is 9.99. The van der Waals surface area contributed by atoms with E-state index in [-0.39, 0.29) is 10.8 Å². The molecule has 4 aliphatic carbocycles. The maximum atomic E-state index is 2.57. The number of anilines is 6. The SMILES string of the molecule is c1ccc2c(c1)-c1ccc(N(c3ccc(-c4ccc(N(c5ccc6ccccc6c5)c5cccc6ccccc56)cc4)cc3)c3ccc4c(c3)C3(CCCC3)c3ccccc3-4)cc1C21CCCC1. The zero-order valence-electron chi connectivity index (χ0n) is 38.3. The lowest BCUT2D eigenvalue weighted by Crippen LogP contribution is -2.22. The Hall–Kier alpha value is -7.68. The molecule has 0 amide bonds. The fourth-order valence-corrected chi connectivity index (χ4v) is 13.4. The van der Waals surface area contributed by atoms with E-state index in [0.29, 0.717) is 0 Å². The summed E-state index contributed by atoms with van der Waals surface area (Å²) in [4.78, 5) is 4.96. The molecule has 4 aliphatic rings. The summed E-state index contributed by atoms with van der Waals surface area (Å²) in [5.41, 5.74) is 21.4. The zero-order chi connectivity index (χ0) is 44.8. The molecule has 0 atom stereocenters. The van der Waals surface area contributed by atoms with Crippen molar-refractivity contribution < 1.29 is 0 Å². The molecule has 326 valence electrons. The average molecular weight is 873 g/mol. The smallest absolute Gasteiger partial charge is 0.0540 e. The normalized spacial score (nSPS) is 15.7. The lowest BCUT2D eigenvalue weighted by molar-refractivity contribution is 0.549. The van der Waals surface area contributed by atoms with E-state index < -0.39 is 0 Å². The molecule has 0 heterocycles. The predicted octanol–water partition coefficient (Wildman–Crippen LogP) is 18.3. The maximum absolute atomic E-state index is 2.57. The van der Waals surface area contributed by atoms with Gasteiger partial charge in [-0.15, -0.1) is 0 Å². The molecule has 0 unspecified atom stereocenters. The molecule has 0 saturated heterocycles. The van der Waals surface area contributed by atoms with Crippen LogP contribution in [0, 0.1) is 0 Å². The van der Waals surface area contributed by atoms with E-state index in [2.05, 4.69) is 228 Å². The lowest BCUT2D eigenvalue weighted by atomic mass is 9.76. The third kappa shape index (κ3) is 5.96. The summed E-state index contributed by atoms with van der Waals surface area (Å²) in [6.45, 7) is 0. The van der Waals surface area contributed by atoms with Crippen molar-refractivity contribution in [2.24, 2.45) is 0 Å². The first-order chi connectivity index (χ1) is 33.6. The first-order valence-electron chi connectivity index (χ1n) is 24.9. The second-order valence-corrected chi connectivity index (χ2v) is 19.9. The second-order valence-electron chi connectivity index (χ2n) is 19.9. The van der Waals surface area contributed by atoms with Crippen LogP contribution >= 0.6 is 0 Å². The molecule has 0 bridgehead atoms. The van der Waals surface area contributed by atoms with Gasteiger partial charge in [0, 0.05) is 44.7 Å². The summed E-state index contributed by atoms with van der Waals surface area (Å²) < 4.78 is 0. The summed E-state index contributed by atoms with van der Waals surface area (Å²) in [5, 5.41) is 4.93. The molecular formula is C66H52N2. The van der Waals surface area contributed by atoms with Gasteiger partial charge in [-0.25, -0.2) is 0 Å². The third-order valence-electron chi connectivity index (χ3n) is 16.5. The van der Waals surface area contributed by atoms with Crippen LogP contribution in [0.4, 0.5) is 34.1 Å². The van der Waals surface area contributed by atoms with Crippen LogP contribution in [0.5, 0.6) is 0 Å². The minimum Gasteiger partial charge on any atom is -0.310 e. The monoisotopic (exact) mass is 872 g/mol. The summed E-state index contributed by atoms with van der Waals surface area (Å²) in [5.74, 6) is 0. The van der Waals surface area contributed by atoms with Crippen molar-refractivity contribution in [1.82, 2.24) is 0 Å². The van der Waals surface area contributed by atoms with Crippen molar-refractivity contribution in [2.75, 3.05) is 9.80 Å². The van der Waals surface area contributed by atoms with E-state index >= 15 is 0 Å². The Morgan fingerprint density at radius 3 is 1.29 bits per heavy atom. The Balaban J connectivity index is 0.868. The van der Waals surface area contributed by atoms with Gasteiger partial charge in [-0.05, 0) is 164 Å². The van der Waals surface area contributed by atoms with Gasteiger partial charge >= 0.3 is 0 Å². The molecule has 0 radical (unpaired) electrons. The van der Waals surface area contributed by atoms with Crippen LogP contribution in [-0.4, -0.2) is 0 Å². The molecule has 14 rings (SSSR count). The molecule has 2 saturated carbocycles. The molecular weight excluding hydrogens is 821 g/mol. The van der Waals surface area contributed by atoms with Gasteiger partial charge in [0.15, 0.2) is 0 Å². The van der Waals surface area contributed by atoms with Gasteiger partial charge in [-0.1, -0.05) is 177 Å². The summed E-state index contributed by atoms with van der Waals surface area (Å²) in [7, 11) is 0. The first-order valence-corrected chi connectivity index (χ1v) is 24.9. The lowest BCUT2D eigenvalue weighted by Gasteiger charge is -2.31. The van der Waals surface area contributed by atoms with Crippen LogP contribution in [0.3, 0.4) is 0 Å². The topological polar surface area (TPSA) is 6.48 Å². The fraction of sp³-hybridized carbons (Fsp3) is 0.152. The molecule has 2 heteroatoms. The van der Waals surface area contributed by atoms with Gasteiger partial charge in [0.2, 0.25) is 0 Å². The zero-order valence-corrected chi connectivity index (χ0v) is 38.3. The van der Waals surface area contributed by atoms with Crippen LogP contribution in [0.2, 0.25) is 0 Å². The van der Waals surface area contributed by atoms with Crippen LogP contribution in [0.15, 0.2) is 218 Å². The predicted molar refractivity (Wildman–Crippen MR) is 286 cm³/mol. The standard InChI is InChI=1S/C66H52N2/c1-2-16-49-42-52(33-28-45(49)14-1)68(64-23-13-17-48-15-3-4-18-55(48)64)51-31-26-47(27-32-51)46-24-29-50(30-25-46)67(53-34-36-58-56-19-5-7-21-60(56)65(62(58)43-53)38-9-10-39-65)54-35-37-59-57-20-6-8-22-61(57)66(63(59)44-54)40-11-12-41-66/h1-8,13-37,42-44H,9-12,38-41H2. The minimum absolute atomic E-state index is 0.0919. The highest BCUT2D eigenvalue weighted by molar-refractivity contribution is 6.00. The van der Waals surface area contributed by atoms with Gasteiger partial charge in [-0.3, -0.25) is 0 Å². The number of rotatable bonds is 7. The molecule has 0 aliphatic heterocycles.